The lowest BCUT2D eigenvalue weighted by Crippen LogP contribution is -2.54. The van der Waals surface area contributed by atoms with Crippen LogP contribution >= 0.6 is 23.2 Å². The molecule has 23 heavy (non-hydrogen) atoms. The molecule has 0 unspecified atom stereocenters. The molecule has 1 aromatic rings. The van der Waals surface area contributed by atoms with E-state index in [0.29, 0.717) is 10.0 Å². The molecule has 0 saturated heterocycles. The molecule has 8 heteroatoms. The smallest absolute Gasteiger partial charge is 0.255 e. The van der Waals surface area contributed by atoms with Crippen molar-refractivity contribution >= 4 is 29.1 Å². The van der Waals surface area contributed by atoms with E-state index in [2.05, 4.69) is 0 Å². The summed E-state index contributed by atoms with van der Waals surface area (Å²) in [6.45, 7) is 0.150. The first-order valence-electron chi connectivity index (χ1n) is 6.99. The molecule has 5 nitrogen and oxygen atoms in total. The largest absolute Gasteiger partial charge is 0.370 e. The molecule has 0 bridgehead atoms. The number of nitrogens with zero attached hydrogens (tertiary/aromatic N) is 1. The summed E-state index contributed by atoms with van der Waals surface area (Å²) in [5, 5.41) is 10.2. The predicted octanol–water partition coefficient (Wildman–Crippen LogP) is 1.94. The molecular formula is C15H14Cl2FN3O2. The number of ether oxygens (including phenoxy) is 1. The molecule has 4 N–H and O–H groups in total. The summed E-state index contributed by atoms with van der Waals surface area (Å²) < 4.78 is 20.2. The second-order valence-electron chi connectivity index (χ2n) is 6.05. The first kappa shape index (κ1) is 16.5. The predicted molar refractivity (Wildman–Crippen MR) is 82.2 cm³/mol. The highest BCUT2D eigenvalue weighted by atomic mass is 35.5. The van der Waals surface area contributed by atoms with Crippen molar-refractivity contribution in [2.75, 3.05) is 0 Å². The monoisotopic (exact) mass is 357 g/mol. The number of primary amides is 1. The highest BCUT2D eigenvalue weighted by Gasteiger charge is 2.82. The molecule has 3 rings (SSSR count). The third-order valence-corrected chi connectivity index (χ3v) is 5.55. The SMILES string of the molecule is N#C[C@]1(N)[C@H]2[C@@H](C[C@H]1OCc1ccc(Cl)c(Cl)c1)[C@]2(F)C(N)=O. The van der Waals surface area contributed by atoms with Gasteiger partial charge in [-0.3, -0.25) is 4.79 Å². The van der Waals surface area contributed by atoms with Gasteiger partial charge >= 0.3 is 0 Å². The molecule has 1 amide bonds. The van der Waals surface area contributed by atoms with Gasteiger partial charge in [0.1, 0.15) is 5.54 Å². The van der Waals surface area contributed by atoms with Crippen LogP contribution in [0.3, 0.4) is 0 Å². The molecule has 0 spiro atoms. The number of alkyl halides is 1. The van der Waals surface area contributed by atoms with Gasteiger partial charge in [-0.05, 0) is 24.1 Å². The number of amides is 1. The standard InChI is InChI=1S/C15H14Cl2FN3O2/c16-9-2-1-7(3-10(9)17)5-23-11-4-8-12(14(11,21)6-19)15(8,18)13(20)22/h1-3,8,11-12H,4-5,21H2,(H2,20,22)/t8-,11-,12-,14-,15-/m1/s1. The van der Waals surface area contributed by atoms with Crippen LogP contribution in [-0.2, 0) is 16.1 Å². The lowest BCUT2D eigenvalue weighted by atomic mass is 9.89. The molecular weight excluding hydrogens is 344 g/mol. The molecule has 122 valence electrons. The maximum absolute atomic E-state index is 14.5. The fourth-order valence-corrected chi connectivity index (χ4v) is 3.87. The summed E-state index contributed by atoms with van der Waals surface area (Å²) in [5.74, 6) is -2.65. The van der Waals surface area contributed by atoms with Crippen molar-refractivity contribution in [1.29, 1.82) is 5.26 Å². The normalized spacial score (nSPS) is 38.0. The summed E-state index contributed by atoms with van der Waals surface area (Å²) in [7, 11) is 0. The Kier molecular flexibility index (Phi) is 3.81. The fourth-order valence-electron chi connectivity index (χ4n) is 3.55. The lowest BCUT2D eigenvalue weighted by Gasteiger charge is -2.29. The van der Waals surface area contributed by atoms with Gasteiger partial charge in [0.25, 0.3) is 5.91 Å². The van der Waals surface area contributed by atoms with Crippen molar-refractivity contribution in [3.05, 3.63) is 33.8 Å². The fraction of sp³-hybridized carbons (Fsp3) is 0.467. The summed E-state index contributed by atoms with van der Waals surface area (Å²) in [6.07, 6.45) is -0.504. The van der Waals surface area contributed by atoms with Crippen LogP contribution in [0.1, 0.15) is 12.0 Å². The highest BCUT2D eigenvalue weighted by Crippen LogP contribution is 2.66. The van der Waals surface area contributed by atoms with E-state index in [1.54, 1.807) is 18.2 Å². The number of hydrogen-bond donors (Lipinski definition) is 2. The van der Waals surface area contributed by atoms with Gasteiger partial charge < -0.3 is 16.2 Å². The van der Waals surface area contributed by atoms with E-state index >= 15 is 0 Å². The van der Waals surface area contributed by atoms with Crippen LogP contribution in [0.2, 0.25) is 10.0 Å². The van der Waals surface area contributed by atoms with Crippen molar-refractivity contribution in [2.45, 2.75) is 30.3 Å². The van der Waals surface area contributed by atoms with E-state index in [4.69, 9.17) is 39.4 Å². The summed E-state index contributed by atoms with van der Waals surface area (Å²) in [4.78, 5) is 11.3. The molecule has 2 aliphatic rings. The topological polar surface area (TPSA) is 102 Å². The number of halogens is 3. The van der Waals surface area contributed by atoms with Crippen LogP contribution in [0.5, 0.6) is 0 Å². The lowest BCUT2D eigenvalue weighted by molar-refractivity contribution is -0.127. The molecule has 2 fully saturated rings. The van der Waals surface area contributed by atoms with Gasteiger partial charge in [-0.25, -0.2) is 4.39 Å². The minimum Gasteiger partial charge on any atom is -0.370 e. The number of carbonyl (C=O) groups is 1. The van der Waals surface area contributed by atoms with E-state index < -0.39 is 35.1 Å². The van der Waals surface area contributed by atoms with Gasteiger partial charge in [0, 0.05) is 11.8 Å². The first-order valence-corrected chi connectivity index (χ1v) is 7.75. The average Bonchev–Trinajstić information content (AvgIpc) is 2.99. The Bertz CT molecular complexity index is 725. The van der Waals surface area contributed by atoms with E-state index in [1.165, 1.54) is 0 Å². The third-order valence-electron chi connectivity index (χ3n) is 4.81. The Balaban J connectivity index is 1.72. The second kappa shape index (κ2) is 5.32. The average molecular weight is 358 g/mol. The van der Waals surface area contributed by atoms with Crippen LogP contribution in [0.25, 0.3) is 0 Å². The minimum atomic E-state index is -2.20. The minimum absolute atomic E-state index is 0.150. The van der Waals surface area contributed by atoms with E-state index in [9.17, 15) is 14.4 Å². The maximum Gasteiger partial charge on any atom is 0.255 e. The van der Waals surface area contributed by atoms with Gasteiger partial charge in [0.2, 0.25) is 0 Å². The van der Waals surface area contributed by atoms with Crippen LogP contribution in [0, 0.1) is 23.2 Å². The Hall–Kier alpha value is -1.39. The third kappa shape index (κ3) is 2.31. The highest BCUT2D eigenvalue weighted by molar-refractivity contribution is 6.42. The molecule has 2 saturated carbocycles. The number of fused-ring (bicyclic) bond motifs is 1. The van der Waals surface area contributed by atoms with Gasteiger partial charge in [-0.1, -0.05) is 29.3 Å². The number of nitriles is 1. The van der Waals surface area contributed by atoms with E-state index in [0.717, 1.165) is 5.56 Å². The Labute approximate surface area is 142 Å². The molecule has 0 aliphatic heterocycles. The quantitative estimate of drug-likeness (QED) is 0.859. The van der Waals surface area contributed by atoms with Crippen LogP contribution in [-0.4, -0.2) is 23.2 Å². The summed E-state index contributed by atoms with van der Waals surface area (Å²) in [5.41, 5.74) is 8.10. The van der Waals surface area contributed by atoms with Gasteiger partial charge in [-0.15, -0.1) is 0 Å². The molecule has 0 radical (unpaired) electrons. The van der Waals surface area contributed by atoms with Crippen molar-refractivity contribution in [2.24, 2.45) is 23.3 Å². The summed E-state index contributed by atoms with van der Waals surface area (Å²) >= 11 is 11.8. The van der Waals surface area contributed by atoms with Crippen molar-refractivity contribution in [3.8, 4) is 6.07 Å². The maximum atomic E-state index is 14.5. The van der Waals surface area contributed by atoms with Crippen molar-refractivity contribution < 1.29 is 13.9 Å². The zero-order chi connectivity index (χ0) is 17.0. The Morgan fingerprint density at radius 1 is 1.48 bits per heavy atom. The zero-order valence-electron chi connectivity index (χ0n) is 11.9. The first-order chi connectivity index (χ1) is 10.7. The summed E-state index contributed by atoms with van der Waals surface area (Å²) in [6, 6.07) is 6.92. The Morgan fingerprint density at radius 3 is 2.74 bits per heavy atom. The molecule has 0 aromatic heterocycles. The number of benzene rings is 1. The number of hydrogen-bond acceptors (Lipinski definition) is 4. The zero-order valence-corrected chi connectivity index (χ0v) is 13.4. The van der Waals surface area contributed by atoms with E-state index in [-0.39, 0.29) is 13.0 Å². The molecule has 1 aromatic carbocycles. The number of carbonyl (C=O) groups excluding carboxylic acids is 1. The number of nitrogens with two attached hydrogens (primary N) is 2. The van der Waals surface area contributed by atoms with Gasteiger partial charge in [-0.2, -0.15) is 5.26 Å². The second-order valence-corrected chi connectivity index (χ2v) is 6.86. The van der Waals surface area contributed by atoms with Gasteiger partial charge in [0.05, 0.1) is 28.8 Å². The molecule has 2 aliphatic carbocycles. The van der Waals surface area contributed by atoms with Gasteiger partial charge in [0.15, 0.2) is 5.67 Å². The molecule has 5 atom stereocenters. The van der Waals surface area contributed by atoms with Crippen LogP contribution in [0.4, 0.5) is 4.39 Å². The number of rotatable bonds is 4. The van der Waals surface area contributed by atoms with Crippen molar-refractivity contribution in [3.63, 3.8) is 0 Å². The Morgan fingerprint density at radius 2 is 2.17 bits per heavy atom. The van der Waals surface area contributed by atoms with E-state index in [1.807, 2.05) is 6.07 Å². The van der Waals surface area contributed by atoms with Crippen LogP contribution in [0.15, 0.2) is 18.2 Å². The van der Waals surface area contributed by atoms with Crippen molar-refractivity contribution in [1.82, 2.24) is 0 Å². The van der Waals surface area contributed by atoms with Crippen LogP contribution < -0.4 is 11.5 Å². The molecule has 0 heterocycles.